The molecule has 2 N–H and O–H groups in total. The van der Waals surface area contributed by atoms with Gasteiger partial charge in [-0.2, -0.15) is 0 Å². The van der Waals surface area contributed by atoms with Crippen LogP contribution in [0.15, 0.2) is 12.1 Å². The number of hydrogen-bond acceptors (Lipinski definition) is 4. The first-order chi connectivity index (χ1) is 11.0. The second kappa shape index (κ2) is 10.3. The molecule has 5 nitrogen and oxygen atoms in total. The van der Waals surface area contributed by atoms with Gasteiger partial charge in [-0.1, -0.05) is 31.9 Å². The lowest BCUT2D eigenvalue weighted by molar-refractivity contribution is 0.0950. The van der Waals surface area contributed by atoms with Crippen LogP contribution in [0.4, 0.5) is 0 Å². The molecule has 1 aromatic carbocycles. The summed E-state index contributed by atoms with van der Waals surface area (Å²) in [5.74, 6) is 0.772. The van der Waals surface area contributed by atoms with E-state index in [-0.39, 0.29) is 11.9 Å². The molecule has 23 heavy (non-hydrogen) atoms. The molecule has 0 aliphatic heterocycles. The first-order valence-electron chi connectivity index (χ1n) is 8.05. The maximum Gasteiger partial charge on any atom is 0.251 e. The number of rotatable bonds is 10. The van der Waals surface area contributed by atoms with Crippen LogP contribution in [0.3, 0.4) is 0 Å². The number of carbonyl (C=O) groups is 1. The summed E-state index contributed by atoms with van der Waals surface area (Å²) in [6.45, 7) is 8.10. The molecule has 0 heterocycles. The van der Waals surface area contributed by atoms with Gasteiger partial charge in [0.25, 0.3) is 5.91 Å². The van der Waals surface area contributed by atoms with Crippen LogP contribution in [0.2, 0.25) is 5.02 Å². The van der Waals surface area contributed by atoms with Crippen LogP contribution in [0, 0.1) is 0 Å². The van der Waals surface area contributed by atoms with Crippen molar-refractivity contribution in [2.24, 2.45) is 0 Å². The van der Waals surface area contributed by atoms with Crippen molar-refractivity contribution >= 4 is 17.5 Å². The molecule has 0 radical (unpaired) electrons. The van der Waals surface area contributed by atoms with Gasteiger partial charge < -0.3 is 20.1 Å². The molecule has 0 bridgehead atoms. The third-order valence-corrected chi connectivity index (χ3v) is 3.64. The first-order valence-corrected chi connectivity index (χ1v) is 8.43. The molecule has 0 spiro atoms. The van der Waals surface area contributed by atoms with Gasteiger partial charge >= 0.3 is 0 Å². The van der Waals surface area contributed by atoms with Gasteiger partial charge in [0, 0.05) is 18.2 Å². The Bertz CT molecular complexity index is 509. The van der Waals surface area contributed by atoms with Crippen molar-refractivity contribution in [3.05, 3.63) is 22.7 Å². The Kier molecular flexibility index (Phi) is 8.81. The fraction of sp³-hybridized carbons (Fsp3) is 0.588. The Morgan fingerprint density at radius 1 is 1.35 bits per heavy atom. The number of likely N-dealkylation sites (N-methyl/N-ethyl adjacent to an activating group) is 1. The Hall–Kier alpha value is -1.46. The van der Waals surface area contributed by atoms with Gasteiger partial charge in [0.2, 0.25) is 0 Å². The third-order valence-electron chi connectivity index (χ3n) is 3.36. The Labute approximate surface area is 143 Å². The number of amides is 1. The third kappa shape index (κ3) is 6.28. The predicted octanol–water partition coefficient (Wildman–Crippen LogP) is 3.26. The molecule has 0 saturated carbocycles. The summed E-state index contributed by atoms with van der Waals surface area (Å²) in [6.07, 6.45) is 1.97. The standard InChI is InChI=1S/C17H27ClN2O3/c1-5-7-8-23-16-14(18)9-13(10-15(16)22-4)17(21)20-11-12(3)19-6-2/h9-10,12,19H,5-8,11H2,1-4H3,(H,20,21)/t12-/m1/s1. The number of benzene rings is 1. The van der Waals surface area contributed by atoms with Crippen molar-refractivity contribution in [3.8, 4) is 11.5 Å². The van der Waals surface area contributed by atoms with E-state index in [4.69, 9.17) is 21.1 Å². The highest BCUT2D eigenvalue weighted by molar-refractivity contribution is 6.32. The summed E-state index contributed by atoms with van der Waals surface area (Å²) in [7, 11) is 1.53. The largest absolute Gasteiger partial charge is 0.493 e. The summed E-state index contributed by atoms with van der Waals surface area (Å²) in [6, 6.07) is 3.47. The summed E-state index contributed by atoms with van der Waals surface area (Å²) >= 11 is 6.25. The van der Waals surface area contributed by atoms with E-state index in [1.165, 1.54) is 7.11 Å². The lowest BCUT2D eigenvalue weighted by Gasteiger charge is -2.15. The second-order valence-corrected chi connectivity index (χ2v) is 5.77. The van der Waals surface area contributed by atoms with Crippen molar-refractivity contribution in [1.29, 1.82) is 0 Å². The van der Waals surface area contributed by atoms with Crippen LogP contribution in [0.5, 0.6) is 11.5 Å². The molecular formula is C17H27ClN2O3. The minimum atomic E-state index is -0.185. The lowest BCUT2D eigenvalue weighted by Crippen LogP contribution is -2.38. The van der Waals surface area contributed by atoms with E-state index in [1.807, 2.05) is 13.8 Å². The molecule has 6 heteroatoms. The topological polar surface area (TPSA) is 59.6 Å². The van der Waals surface area contributed by atoms with Crippen LogP contribution in [-0.2, 0) is 0 Å². The summed E-state index contributed by atoms with van der Waals surface area (Å²) in [5.41, 5.74) is 0.457. The zero-order valence-electron chi connectivity index (χ0n) is 14.4. The van der Waals surface area contributed by atoms with Gasteiger partial charge in [0.05, 0.1) is 18.7 Å². The van der Waals surface area contributed by atoms with Crippen LogP contribution >= 0.6 is 11.6 Å². The maximum atomic E-state index is 12.3. The van der Waals surface area contributed by atoms with E-state index in [0.717, 1.165) is 19.4 Å². The zero-order chi connectivity index (χ0) is 17.2. The van der Waals surface area contributed by atoms with Crippen molar-refractivity contribution in [1.82, 2.24) is 10.6 Å². The highest BCUT2D eigenvalue weighted by Gasteiger charge is 2.16. The molecule has 130 valence electrons. The number of ether oxygens (including phenoxy) is 2. The van der Waals surface area contributed by atoms with Gasteiger partial charge in [-0.05, 0) is 32.0 Å². The smallest absolute Gasteiger partial charge is 0.251 e. The van der Waals surface area contributed by atoms with E-state index >= 15 is 0 Å². The molecule has 1 rings (SSSR count). The number of methoxy groups -OCH3 is 1. The minimum Gasteiger partial charge on any atom is -0.493 e. The van der Waals surface area contributed by atoms with Gasteiger partial charge in [-0.15, -0.1) is 0 Å². The monoisotopic (exact) mass is 342 g/mol. The predicted molar refractivity (Wildman–Crippen MR) is 93.9 cm³/mol. The van der Waals surface area contributed by atoms with E-state index in [0.29, 0.717) is 35.2 Å². The molecule has 0 fully saturated rings. The van der Waals surface area contributed by atoms with Gasteiger partial charge in [0.1, 0.15) is 0 Å². The summed E-state index contributed by atoms with van der Waals surface area (Å²) < 4.78 is 11.0. The number of unbranched alkanes of at least 4 members (excludes halogenated alkanes) is 1. The van der Waals surface area contributed by atoms with E-state index < -0.39 is 0 Å². The van der Waals surface area contributed by atoms with Crippen molar-refractivity contribution in [3.63, 3.8) is 0 Å². The Balaban J connectivity index is 2.80. The van der Waals surface area contributed by atoms with Gasteiger partial charge in [-0.25, -0.2) is 0 Å². The average Bonchev–Trinajstić information content (AvgIpc) is 2.54. The van der Waals surface area contributed by atoms with Gasteiger partial charge in [0.15, 0.2) is 11.5 Å². The highest BCUT2D eigenvalue weighted by atomic mass is 35.5. The SMILES string of the molecule is CCCCOc1c(Cl)cc(C(=O)NC[C@@H](C)NCC)cc1OC. The molecule has 1 aromatic rings. The number of halogens is 1. The fourth-order valence-electron chi connectivity index (χ4n) is 2.08. The van der Waals surface area contributed by atoms with Crippen LogP contribution in [0.25, 0.3) is 0 Å². The molecule has 1 amide bonds. The van der Waals surface area contributed by atoms with Crippen molar-refractivity contribution < 1.29 is 14.3 Å². The van der Waals surface area contributed by atoms with E-state index in [1.54, 1.807) is 12.1 Å². The van der Waals surface area contributed by atoms with Crippen LogP contribution in [-0.4, -0.2) is 38.8 Å². The molecule has 0 unspecified atom stereocenters. The lowest BCUT2D eigenvalue weighted by atomic mass is 10.1. The maximum absolute atomic E-state index is 12.3. The molecule has 0 aliphatic rings. The number of carbonyl (C=O) groups excluding carboxylic acids is 1. The number of hydrogen-bond donors (Lipinski definition) is 2. The highest BCUT2D eigenvalue weighted by Crippen LogP contribution is 2.36. The normalized spacial score (nSPS) is 11.9. The average molecular weight is 343 g/mol. The van der Waals surface area contributed by atoms with Crippen LogP contribution < -0.4 is 20.1 Å². The molecular weight excluding hydrogens is 316 g/mol. The zero-order valence-corrected chi connectivity index (χ0v) is 15.1. The molecule has 1 atom stereocenters. The molecule has 0 aliphatic carbocycles. The minimum absolute atomic E-state index is 0.185. The number of nitrogens with one attached hydrogen (secondary N) is 2. The molecule has 0 aromatic heterocycles. The summed E-state index contributed by atoms with van der Waals surface area (Å²) in [4.78, 5) is 12.3. The second-order valence-electron chi connectivity index (χ2n) is 5.36. The Morgan fingerprint density at radius 2 is 2.09 bits per heavy atom. The van der Waals surface area contributed by atoms with Crippen LogP contribution in [0.1, 0.15) is 44.0 Å². The van der Waals surface area contributed by atoms with E-state index in [2.05, 4.69) is 17.6 Å². The first kappa shape index (κ1) is 19.6. The molecule has 0 saturated heterocycles. The summed E-state index contributed by atoms with van der Waals surface area (Å²) in [5, 5.41) is 6.50. The van der Waals surface area contributed by atoms with E-state index in [9.17, 15) is 4.79 Å². The Morgan fingerprint density at radius 3 is 2.70 bits per heavy atom. The quantitative estimate of drug-likeness (QED) is 0.641. The van der Waals surface area contributed by atoms with Crippen molar-refractivity contribution in [2.75, 3.05) is 26.8 Å². The fourth-order valence-corrected chi connectivity index (χ4v) is 2.34. The van der Waals surface area contributed by atoms with Crippen molar-refractivity contribution in [2.45, 2.75) is 39.7 Å². The van der Waals surface area contributed by atoms with Gasteiger partial charge in [-0.3, -0.25) is 4.79 Å².